The van der Waals surface area contributed by atoms with Gasteiger partial charge in [-0.05, 0) is 30.5 Å². The SMILES string of the molecule is COc1c(C)cc(C)c(CO)c1OCc1ccccc1. The van der Waals surface area contributed by atoms with Gasteiger partial charge in [0.05, 0.1) is 13.7 Å². The summed E-state index contributed by atoms with van der Waals surface area (Å²) in [5.41, 5.74) is 3.88. The largest absolute Gasteiger partial charge is 0.493 e. The van der Waals surface area contributed by atoms with Gasteiger partial charge in [0.2, 0.25) is 0 Å². The maximum absolute atomic E-state index is 9.57. The Morgan fingerprint density at radius 2 is 1.70 bits per heavy atom. The lowest BCUT2D eigenvalue weighted by molar-refractivity contribution is 0.248. The van der Waals surface area contributed by atoms with Crippen LogP contribution in [0, 0.1) is 13.8 Å². The number of aryl methyl sites for hydroxylation is 2. The Hall–Kier alpha value is -2.00. The third kappa shape index (κ3) is 2.94. The molecule has 0 bridgehead atoms. The fourth-order valence-corrected chi connectivity index (χ4v) is 2.31. The maximum Gasteiger partial charge on any atom is 0.167 e. The lowest BCUT2D eigenvalue weighted by Crippen LogP contribution is -2.04. The van der Waals surface area contributed by atoms with Gasteiger partial charge in [-0.25, -0.2) is 0 Å². The molecule has 3 heteroatoms. The van der Waals surface area contributed by atoms with Gasteiger partial charge in [0.1, 0.15) is 6.61 Å². The molecule has 0 radical (unpaired) electrons. The summed E-state index contributed by atoms with van der Waals surface area (Å²) in [7, 11) is 1.62. The number of aliphatic hydroxyl groups is 1. The molecule has 0 spiro atoms. The standard InChI is InChI=1S/C17H20O3/c1-12-9-13(2)16(19-3)17(15(12)10-18)20-11-14-7-5-4-6-8-14/h4-9,18H,10-11H2,1-3H3. The predicted molar refractivity (Wildman–Crippen MR) is 79.2 cm³/mol. The molecule has 2 rings (SSSR count). The Labute approximate surface area is 119 Å². The van der Waals surface area contributed by atoms with E-state index in [0.29, 0.717) is 18.1 Å². The lowest BCUT2D eigenvalue weighted by Gasteiger charge is -2.18. The molecule has 0 amide bonds. The molecule has 1 N–H and O–H groups in total. The van der Waals surface area contributed by atoms with Crippen LogP contribution in [-0.2, 0) is 13.2 Å². The van der Waals surface area contributed by atoms with Crippen LogP contribution < -0.4 is 9.47 Å². The molecule has 0 atom stereocenters. The van der Waals surface area contributed by atoms with Gasteiger partial charge in [0.25, 0.3) is 0 Å². The van der Waals surface area contributed by atoms with E-state index in [1.165, 1.54) is 0 Å². The van der Waals surface area contributed by atoms with E-state index in [0.717, 1.165) is 22.3 Å². The van der Waals surface area contributed by atoms with Crippen LogP contribution in [0.1, 0.15) is 22.3 Å². The van der Waals surface area contributed by atoms with Gasteiger partial charge >= 0.3 is 0 Å². The summed E-state index contributed by atoms with van der Waals surface area (Å²) in [6.45, 7) is 4.33. The average Bonchev–Trinajstić information content (AvgIpc) is 2.46. The molecule has 0 aliphatic carbocycles. The molecule has 0 aromatic heterocycles. The topological polar surface area (TPSA) is 38.7 Å². The van der Waals surface area contributed by atoms with Crippen LogP contribution in [0.5, 0.6) is 11.5 Å². The second-order valence-corrected chi connectivity index (χ2v) is 4.78. The van der Waals surface area contributed by atoms with Gasteiger partial charge in [0.15, 0.2) is 11.5 Å². The number of aliphatic hydroxyl groups excluding tert-OH is 1. The molecule has 0 unspecified atom stereocenters. The molecule has 106 valence electrons. The molecule has 0 fully saturated rings. The number of benzene rings is 2. The Balaban J connectivity index is 2.34. The van der Waals surface area contributed by atoms with Crippen molar-refractivity contribution in [3.05, 3.63) is 58.7 Å². The Bertz CT molecular complexity index is 548. The minimum atomic E-state index is -0.0629. The van der Waals surface area contributed by atoms with Crippen molar-refractivity contribution in [1.82, 2.24) is 0 Å². The summed E-state index contributed by atoms with van der Waals surface area (Å²) in [6, 6.07) is 11.9. The molecular formula is C17H20O3. The third-order valence-corrected chi connectivity index (χ3v) is 3.34. The summed E-state index contributed by atoms with van der Waals surface area (Å²) in [5, 5.41) is 9.57. The first kappa shape index (κ1) is 14.4. The summed E-state index contributed by atoms with van der Waals surface area (Å²) in [4.78, 5) is 0. The Morgan fingerprint density at radius 1 is 1.00 bits per heavy atom. The Kier molecular flexibility index (Phi) is 4.64. The van der Waals surface area contributed by atoms with E-state index in [9.17, 15) is 5.11 Å². The molecule has 0 saturated carbocycles. The maximum atomic E-state index is 9.57. The number of hydrogen-bond acceptors (Lipinski definition) is 3. The van der Waals surface area contributed by atoms with Gasteiger partial charge in [-0.2, -0.15) is 0 Å². The minimum Gasteiger partial charge on any atom is -0.493 e. The van der Waals surface area contributed by atoms with Crippen LogP contribution in [0.2, 0.25) is 0 Å². The van der Waals surface area contributed by atoms with Crippen LogP contribution >= 0.6 is 0 Å². The van der Waals surface area contributed by atoms with Crippen LogP contribution in [0.3, 0.4) is 0 Å². The third-order valence-electron chi connectivity index (χ3n) is 3.34. The quantitative estimate of drug-likeness (QED) is 0.906. The molecular weight excluding hydrogens is 252 g/mol. The van der Waals surface area contributed by atoms with E-state index in [2.05, 4.69) is 0 Å². The van der Waals surface area contributed by atoms with E-state index in [-0.39, 0.29) is 6.61 Å². The van der Waals surface area contributed by atoms with Gasteiger partial charge in [-0.1, -0.05) is 36.4 Å². The van der Waals surface area contributed by atoms with Crippen LogP contribution in [0.15, 0.2) is 36.4 Å². The van der Waals surface area contributed by atoms with Crippen molar-refractivity contribution in [2.45, 2.75) is 27.1 Å². The van der Waals surface area contributed by atoms with E-state index >= 15 is 0 Å². The van der Waals surface area contributed by atoms with E-state index < -0.39 is 0 Å². The lowest BCUT2D eigenvalue weighted by atomic mass is 10.0. The normalized spacial score (nSPS) is 10.4. The summed E-state index contributed by atoms with van der Waals surface area (Å²) >= 11 is 0. The van der Waals surface area contributed by atoms with Gasteiger partial charge in [-0.3, -0.25) is 0 Å². The number of methoxy groups -OCH3 is 1. The summed E-state index contributed by atoms with van der Waals surface area (Å²) < 4.78 is 11.3. The van der Waals surface area contributed by atoms with Crippen molar-refractivity contribution in [1.29, 1.82) is 0 Å². The zero-order chi connectivity index (χ0) is 14.5. The molecule has 0 aliphatic heterocycles. The first-order valence-corrected chi connectivity index (χ1v) is 6.62. The Morgan fingerprint density at radius 3 is 2.30 bits per heavy atom. The zero-order valence-corrected chi connectivity index (χ0v) is 12.1. The van der Waals surface area contributed by atoms with Gasteiger partial charge in [0, 0.05) is 5.56 Å². The van der Waals surface area contributed by atoms with Crippen molar-refractivity contribution < 1.29 is 14.6 Å². The fraction of sp³-hybridized carbons (Fsp3) is 0.294. The smallest absolute Gasteiger partial charge is 0.167 e. The van der Waals surface area contributed by atoms with Crippen LogP contribution in [0.4, 0.5) is 0 Å². The fourth-order valence-electron chi connectivity index (χ4n) is 2.31. The number of rotatable bonds is 5. The van der Waals surface area contributed by atoms with Crippen molar-refractivity contribution >= 4 is 0 Å². The number of ether oxygens (including phenoxy) is 2. The second kappa shape index (κ2) is 6.44. The van der Waals surface area contributed by atoms with E-state index in [1.807, 2.05) is 50.2 Å². The van der Waals surface area contributed by atoms with Crippen LogP contribution in [-0.4, -0.2) is 12.2 Å². The molecule has 20 heavy (non-hydrogen) atoms. The summed E-state index contributed by atoms with van der Waals surface area (Å²) in [5.74, 6) is 1.33. The van der Waals surface area contributed by atoms with E-state index in [1.54, 1.807) is 7.11 Å². The first-order chi connectivity index (χ1) is 9.67. The molecule has 0 saturated heterocycles. The van der Waals surface area contributed by atoms with Crippen molar-refractivity contribution in [3.8, 4) is 11.5 Å². The first-order valence-electron chi connectivity index (χ1n) is 6.62. The zero-order valence-electron chi connectivity index (χ0n) is 12.1. The predicted octanol–water partition coefficient (Wildman–Crippen LogP) is 3.38. The van der Waals surface area contributed by atoms with Gasteiger partial charge in [-0.15, -0.1) is 0 Å². The van der Waals surface area contributed by atoms with E-state index in [4.69, 9.17) is 9.47 Å². The second-order valence-electron chi connectivity index (χ2n) is 4.78. The van der Waals surface area contributed by atoms with Crippen molar-refractivity contribution in [3.63, 3.8) is 0 Å². The molecule has 0 aliphatic rings. The molecule has 2 aromatic rings. The van der Waals surface area contributed by atoms with Crippen molar-refractivity contribution in [2.75, 3.05) is 7.11 Å². The highest BCUT2D eigenvalue weighted by atomic mass is 16.5. The number of hydrogen-bond donors (Lipinski definition) is 1. The van der Waals surface area contributed by atoms with Gasteiger partial charge < -0.3 is 14.6 Å². The molecule has 0 heterocycles. The summed E-state index contributed by atoms with van der Waals surface area (Å²) in [6.07, 6.45) is 0. The monoisotopic (exact) mass is 272 g/mol. The van der Waals surface area contributed by atoms with Crippen molar-refractivity contribution in [2.24, 2.45) is 0 Å². The minimum absolute atomic E-state index is 0.0629. The highest BCUT2D eigenvalue weighted by Gasteiger charge is 2.16. The average molecular weight is 272 g/mol. The van der Waals surface area contributed by atoms with Crippen LogP contribution in [0.25, 0.3) is 0 Å². The highest BCUT2D eigenvalue weighted by Crippen LogP contribution is 2.37. The molecule has 2 aromatic carbocycles. The molecule has 3 nitrogen and oxygen atoms in total. The highest BCUT2D eigenvalue weighted by molar-refractivity contribution is 5.54.